The maximum absolute atomic E-state index is 8.52. The molecule has 0 fully saturated rings. The van der Waals surface area contributed by atoms with Gasteiger partial charge < -0.3 is 44.7 Å². The summed E-state index contributed by atoms with van der Waals surface area (Å²) in [7, 11) is 0. The SMILES string of the molecule is O/N=C\c1ccc[n+](COCCOC[n+]2cccc(/C=N\O)c2)c1.[Cl-].[Cl-]. The van der Waals surface area contributed by atoms with Gasteiger partial charge in [-0.3, -0.25) is 0 Å². The summed E-state index contributed by atoms with van der Waals surface area (Å²) in [5.41, 5.74) is 1.56. The fourth-order valence-corrected chi connectivity index (χ4v) is 1.99. The second-order valence-electron chi connectivity index (χ2n) is 4.87. The van der Waals surface area contributed by atoms with Crippen LogP contribution in [0.25, 0.3) is 0 Å². The molecule has 8 nitrogen and oxygen atoms in total. The van der Waals surface area contributed by atoms with E-state index in [0.717, 1.165) is 11.1 Å². The molecule has 0 bridgehead atoms. The zero-order valence-electron chi connectivity index (χ0n) is 13.9. The Morgan fingerprint density at radius 1 is 0.808 bits per heavy atom. The molecule has 2 aromatic rings. The first-order valence-electron chi connectivity index (χ1n) is 7.30. The molecule has 0 aliphatic heterocycles. The molecule has 0 atom stereocenters. The van der Waals surface area contributed by atoms with E-state index < -0.39 is 0 Å². The average Bonchev–Trinajstić information content (AvgIpc) is 2.59. The molecular formula is C16H20Cl2N4O4. The van der Waals surface area contributed by atoms with Crippen molar-refractivity contribution in [3.63, 3.8) is 0 Å². The lowest BCUT2D eigenvalue weighted by molar-refractivity contribution is -0.737. The van der Waals surface area contributed by atoms with Crippen molar-refractivity contribution >= 4 is 12.4 Å². The Bertz CT molecular complexity index is 642. The van der Waals surface area contributed by atoms with Crippen molar-refractivity contribution in [2.75, 3.05) is 13.2 Å². The summed E-state index contributed by atoms with van der Waals surface area (Å²) < 4.78 is 14.7. The maximum atomic E-state index is 8.52. The minimum Gasteiger partial charge on any atom is -1.00 e. The summed E-state index contributed by atoms with van der Waals surface area (Å²) in [6.45, 7) is 1.66. The third kappa shape index (κ3) is 8.72. The first kappa shape index (κ1) is 23.7. The molecule has 0 aliphatic carbocycles. The van der Waals surface area contributed by atoms with Crippen LogP contribution in [0.2, 0.25) is 0 Å². The molecule has 10 heteroatoms. The molecule has 0 spiro atoms. The van der Waals surface area contributed by atoms with Crippen LogP contribution < -0.4 is 33.9 Å². The quantitative estimate of drug-likeness (QED) is 0.144. The molecular weight excluding hydrogens is 383 g/mol. The first-order chi connectivity index (χ1) is 11.8. The largest absolute Gasteiger partial charge is 1.00 e. The molecule has 26 heavy (non-hydrogen) atoms. The molecule has 2 rings (SSSR count). The summed E-state index contributed by atoms with van der Waals surface area (Å²) in [6.07, 6.45) is 10.0. The molecule has 0 saturated heterocycles. The summed E-state index contributed by atoms with van der Waals surface area (Å²) >= 11 is 0. The zero-order chi connectivity index (χ0) is 17.0. The number of nitrogens with zero attached hydrogens (tertiary/aromatic N) is 4. The van der Waals surface area contributed by atoms with E-state index in [1.165, 1.54) is 12.4 Å². The van der Waals surface area contributed by atoms with Crippen LogP contribution >= 0.6 is 0 Å². The number of hydrogen-bond donors (Lipinski definition) is 2. The van der Waals surface area contributed by atoms with Gasteiger partial charge in [0.2, 0.25) is 0 Å². The predicted molar refractivity (Wildman–Crippen MR) is 83.9 cm³/mol. The summed E-state index contributed by atoms with van der Waals surface area (Å²) in [4.78, 5) is 0. The Kier molecular flexibility index (Phi) is 12.8. The van der Waals surface area contributed by atoms with Crippen molar-refractivity contribution in [1.82, 2.24) is 0 Å². The predicted octanol–water partition coefficient (Wildman–Crippen LogP) is -5.47. The molecule has 0 aromatic carbocycles. The van der Waals surface area contributed by atoms with Gasteiger partial charge in [-0.2, -0.15) is 9.13 Å². The van der Waals surface area contributed by atoms with Crippen LogP contribution in [0.1, 0.15) is 11.1 Å². The van der Waals surface area contributed by atoms with Crippen molar-refractivity contribution in [3.05, 3.63) is 60.2 Å². The number of ether oxygens (including phenoxy) is 2. The Morgan fingerprint density at radius 2 is 1.23 bits per heavy atom. The first-order valence-corrected chi connectivity index (χ1v) is 7.30. The lowest BCUT2D eigenvalue weighted by Crippen LogP contribution is -3.00. The molecule has 0 radical (unpaired) electrons. The van der Waals surface area contributed by atoms with E-state index in [1.54, 1.807) is 0 Å². The van der Waals surface area contributed by atoms with Gasteiger partial charge in [-0.25, -0.2) is 0 Å². The third-order valence-electron chi connectivity index (χ3n) is 3.03. The van der Waals surface area contributed by atoms with Gasteiger partial charge in [0.1, 0.15) is 0 Å². The van der Waals surface area contributed by atoms with E-state index in [9.17, 15) is 0 Å². The van der Waals surface area contributed by atoms with Crippen molar-refractivity contribution in [2.45, 2.75) is 13.5 Å². The minimum absolute atomic E-state index is 0. The number of rotatable bonds is 9. The van der Waals surface area contributed by atoms with E-state index in [0.29, 0.717) is 26.7 Å². The van der Waals surface area contributed by atoms with Crippen LogP contribution in [0.5, 0.6) is 0 Å². The highest BCUT2D eigenvalue weighted by Gasteiger charge is 2.03. The van der Waals surface area contributed by atoms with Crippen LogP contribution in [0, 0.1) is 0 Å². The van der Waals surface area contributed by atoms with Crippen molar-refractivity contribution in [2.24, 2.45) is 10.3 Å². The summed E-state index contributed by atoms with van der Waals surface area (Å²) in [6, 6.07) is 7.34. The fourth-order valence-electron chi connectivity index (χ4n) is 1.99. The van der Waals surface area contributed by atoms with Crippen LogP contribution in [0.4, 0.5) is 0 Å². The van der Waals surface area contributed by atoms with Gasteiger partial charge in [-0.15, -0.1) is 0 Å². The molecule has 0 unspecified atom stereocenters. The standard InChI is InChI=1S/C16H18N4O4.2ClH/c21-17-9-15-3-1-5-19(11-15)13-23-7-8-24-14-20-6-2-4-16(12-20)10-18-22;;/h1-6,9-12H,7-8,13-14H2;2*1H/b17-9-,18-10-;;. The fraction of sp³-hybridized carbons (Fsp3) is 0.250. The number of aromatic nitrogens is 2. The van der Waals surface area contributed by atoms with Crippen LogP contribution in [-0.2, 0) is 22.9 Å². The van der Waals surface area contributed by atoms with Crippen molar-refractivity contribution < 1.29 is 53.8 Å². The minimum atomic E-state index is 0. The van der Waals surface area contributed by atoms with E-state index >= 15 is 0 Å². The average molecular weight is 403 g/mol. The highest BCUT2D eigenvalue weighted by Crippen LogP contribution is 1.91. The third-order valence-corrected chi connectivity index (χ3v) is 3.03. The Hall–Kier alpha value is -2.26. The normalized spacial score (nSPS) is 10.6. The number of pyridine rings is 2. The van der Waals surface area contributed by atoms with Crippen molar-refractivity contribution in [3.8, 4) is 0 Å². The maximum Gasteiger partial charge on any atom is 0.252 e. The monoisotopic (exact) mass is 402 g/mol. The number of halogens is 2. The van der Waals surface area contributed by atoms with Gasteiger partial charge in [0.15, 0.2) is 24.8 Å². The highest BCUT2D eigenvalue weighted by atomic mass is 35.5. The molecule has 2 aromatic heterocycles. The van der Waals surface area contributed by atoms with Gasteiger partial charge in [-0.05, 0) is 12.1 Å². The van der Waals surface area contributed by atoms with Crippen LogP contribution in [0.3, 0.4) is 0 Å². The number of oxime groups is 2. The number of hydrogen-bond acceptors (Lipinski definition) is 6. The Balaban J connectivity index is 0.00000312. The van der Waals surface area contributed by atoms with Crippen LogP contribution in [-0.4, -0.2) is 36.1 Å². The van der Waals surface area contributed by atoms with Gasteiger partial charge in [0, 0.05) is 12.1 Å². The molecule has 2 N–H and O–H groups in total. The molecule has 2 heterocycles. The van der Waals surface area contributed by atoms with E-state index in [-0.39, 0.29) is 24.8 Å². The lowest BCUT2D eigenvalue weighted by Gasteiger charge is -2.02. The topological polar surface area (TPSA) is 91.4 Å². The summed E-state index contributed by atoms with van der Waals surface area (Å²) in [5.74, 6) is 0. The second kappa shape index (κ2) is 14.0. The van der Waals surface area contributed by atoms with Gasteiger partial charge in [0.25, 0.3) is 13.5 Å². The molecule has 0 saturated carbocycles. The molecule has 142 valence electrons. The van der Waals surface area contributed by atoms with Crippen molar-refractivity contribution in [1.29, 1.82) is 0 Å². The van der Waals surface area contributed by atoms with Gasteiger partial charge >= 0.3 is 0 Å². The van der Waals surface area contributed by atoms with E-state index in [4.69, 9.17) is 19.9 Å². The smallest absolute Gasteiger partial charge is 0.252 e. The molecule has 0 amide bonds. The Morgan fingerprint density at radius 3 is 1.62 bits per heavy atom. The van der Waals surface area contributed by atoms with Crippen LogP contribution in [0.15, 0.2) is 59.4 Å². The zero-order valence-corrected chi connectivity index (χ0v) is 15.4. The van der Waals surface area contributed by atoms with Gasteiger partial charge in [0.05, 0.1) is 36.8 Å². The second-order valence-corrected chi connectivity index (χ2v) is 4.87. The van der Waals surface area contributed by atoms with E-state index in [1.807, 2.05) is 58.2 Å². The summed E-state index contributed by atoms with van der Waals surface area (Å²) in [5, 5.41) is 23.0. The van der Waals surface area contributed by atoms with Gasteiger partial charge in [-0.1, -0.05) is 10.3 Å². The Labute approximate surface area is 163 Å². The lowest BCUT2D eigenvalue weighted by atomic mass is 10.3. The molecule has 0 aliphatic rings. The van der Waals surface area contributed by atoms with E-state index in [2.05, 4.69) is 10.3 Å². The highest BCUT2D eigenvalue weighted by molar-refractivity contribution is 5.78.